The molecular weight excluding hydrogens is 330 g/mol. The summed E-state index contributed by atoms with van der Waals surface area (Å²) in [4.78, 5) is 23.7. The smallest absolute Gasteiger partial charge is 0.240 e. The van der Waals surface area contributed by atoms with Gasteiger partial charge in [0.05, 0.1) is 13.5 Å². The van der Waals surface area contributed by atoms with Crippen molar-refractivity contribution in [2.45, 2.75) is 18.9 Å². The summed E-state index contributed by atoms with van der Waals surface area (Å²) in [6.07, 6.45) is -0.0459. The summed E-state index contributed by atoms with van der Waals surface area (Å²) in [6.45, 7) is 0. The summed E-state index contributed by atoms with van der Waals surface area (Å²) >= 11 is 0. The molecule has 5 nitrogen and oxygen atoms in total. The topological polar surface area (TPSA) is 81.4 Å². The van der Waals surface area contributed by atoms with Crippen LogP contribution in [0.15, 0.2) is 42.5 Å². The van der Waals surface area contributed by atoms with E-state index >= 15 is 0 Å². The predicted octanol–water partition coefficient (Wildman–Crippen LogP) is 1.73. The van der Waals surface area contributed by atoms with Crippen LogP contribution in [0.4, 0.5) is 8.78 Å². The number of methoxy groups -OCH3 is 1. The number of nitrogens with two attached hydrogens (primary N) is 1. The first-order valence-electron chi connectivity index (χ1n) is 7.55. The Hall–Kier alpha value is -2.96. The minimum absolute atomic E-state index is 0.156. The van der Waals surface area contributed by atoms with E-state index in [9.17, 15) is 18.4 Å². The highest BCUT2D eigenvalue weighted by Gasteiger charge is 2.20. The normalized spacial score (nSPS) is 11.6. The number of ether oxygens (including phenoxy) is 1. The Labute approximate surface area is 143 Å². The molecule has 0 fully saturated rings. The Morgan fingerprint density at radius 2 is 1.88 bits per heavy atom. The number of hydrogen-bond donors (Lipinski definition) is 2. The van der Waals surface area contributed by atoms with Crippen LogP contribution in [0, 0.1) is 11.6 Å². The standard InChI is InChI=1S/C18H18F2N2O3/c1-25-16-5-3-2-4-12(16)10-15(18(21)24)22-17(23)9-11-6-7-13(19)14(20)8-11/h2-8,15H,9-10H2,1H3,(H2,21,24)(H,22,23)/t15-/m1/s1. The molecule has 1 atom stereocenters. The average molecular weight is 348 g/mol. The lowest BCUT2D eigenvalue weighted by Gasteiger charge is -2.17. The molecule has 2 amide bonds. The van der Waals surface area contributed by atoms with Gasteiger partial charge in [0.15, 0.2) is 11.6 Å². The van der Waals surface area contributed by atoms with Gasteiger partial charge in [0.1, 0.15) is 11.8 Å². The van der Waals surface area contributed by atoms with Gasteiger partial charge in [-0.15, -0.1) is 0 Å². The monoisotopic (exact) mass is 348 g/mol. The fraction of sp³-hybridized carbons (Fsp3) is 0.222. The van der Waals surface area contributed by atoms with Gasteiger partial charge < -0.3 is 15.8 Å². The zero-order chi connectivity index (χ0) is 18.4. The summed E-state index contributed by atoms with van der Waals surface area (Å²) < 4.78 is 31.3. The van der Waals surface area contributed by atoms with Gasteiger partial charge >= 0.3 is 0 Å². The summed E-state index contributed by atoms with van der Waals surface area (Å²) in [6, 6.07) is 9.29. The number of carbonyl (C=O) groups is 2. The number of rotatable bonds is 7. The lowest BCUT2D eigenvalue weighted by Crippen LogP contribution is -2.46. The van der Waals surface area contributed by atoms with Crippen LogP contribution in [0.5, 0.6) is 5.75 Å². The average Bonchev–Trinajstić information content (AvgIpc) is 2.58. The van der Waals surface area contributed by atoms with E-state index in [0.717, 1.165) is 12.1 Å². The highest BCUT2D eigenvalue weighted by molar-refractivity contribution is 5.87. The molecule has 0 unspecified atom stereocenters. The predicted molar refractivity (Wildman–Crippen MR) is 87.9 cm³/mol. The molecule has 2 aromatic carbocycles. The Bertz CT molecular complexity index is 781. The third-order valence-corrected chi connectivity index (χ3v) is 3.64. The van der Waals surface area contributed by atoms with Crippen LogP contribution in [0.3, 0.4) is 0 Å². The minimum Gasteiger partial charge on any atom is -0.496 e. The maximum absolute atomic E-state index is 13.2. The molecule has 3 N–H and O–H groups in total. The van der Waals surface area contributed by atoms with Crippen molar-refractivity contribution in [1.29, 1.82) is 0 Å². The Balaban J connectivity index is 2.06. The van der Waals surface area contributed by atoms with E-state index < -0.39 is 29.5 Å². The van der Waals surface area contributed by atoms with E-state index in [1.165, 1.54) is 13.2 Å². The number of primary amides is 1. The van der Waals surface area contributed by atoms with E-state index in [-0.39, 0.29) is 18.4 Å². The fourth-order valence-electron chi connectivity index (χ4n) is 2.39. The van der Waals surface area contributed by atoms with E-state index in [2.05, 4.69) is 5.32 Å². The molecule has 0 spiro atoms. The van der Waals surface area contributed by atoms with Gasteiger partial charge in [-0.25, -0.2) is 8.78 Å². The number of amides is 2. The number of para-hydroxylation sites is 1. The number of carbonyl (C=O) groups excluding carboxylic acids is 2. The third kappa shape index (κ3) is 5.00. The van der Waals surface area contributed by atoms with Gasteiger partial charge in [-0.1, -0.05) is 24.3 Å². The third-order valence-electron chi connectivity index (χ3n) is 3.64. The molecule has 0 saturated carbocycles. The second-order valence-electron chi connectivity index (χ2n) is 5.46. The molecule has 0 aliphatic rings. The Morgan fingerprint density at radius 3 is 2.52 bits per heavy atom. The summed E-state index contributed by atoms with van der Waals surface area (Å²) in [5.74, 6) is -2.68. The number of halogens is 2. The molecule has 0 aliphatic carbocycles. The van der Waals surface area contributed by atoms with Crippen LogP contribution in [-0.2, 0) is 22.4 Å². The van der Waals surface area contributed by atoms with Crippen molar-refractivity contribution in [2.75, 3.05) is 7.11 Å². The van der Waals surface area contributed by atoms with Crippen LogP contribution in [0.1, 0.15) is 11.1 Å². The number of hydrogen-bond acceptors (Lipinski definition) is 3. The maximum atomic E-state index is 13.2. The summed E-state index contributed by atoms with van der Waals surface area (Å²) in [5.41, 5.74) is 6.36. The van der Waals surface area contributed by atoms with Crippen molar-refractivity contribution in [3.63, 3.8) is 0 Å². The summed E-state index contributed by atoms with van der Waals surface area (Å²) in [7, 11) is 1.50. The van der Waals surface area contributed by atoms with Crippen molar-refractivity contribution in [2.24, 2.45) is 5.73 Å². The van der Waals surface area contributed by atoms with Gasteiger partial charge in [0.2, 0.25) is 11.8 Å². The van der Waals surface area contributed by atoms with Crippen molar-refractivity contribution >= 4 is 11.8 Å². The maximum Gasteiger partial charge on any atom is 0.240 e. The zero-order valence-corrected chi connectivity index (χ0v) is 13.6. The molecule has 0 bridgehead atoms. The highest BCUT2D eigenvalue weighted by atomic mass is 19.2. The van der Waals surface area contributed by atoms with Crippen LogP contribution >= 0.6 is 0 Å². The molecule has 0 heterocycles. The summed E-state index contributed by atoms with van der Waals surface area (Å²) in [5, 5.41) is 2.51. The van der Waals surface area contributed by atoms with E-state index in [0.29, 0.717) is 11.3 Å². The van der Waals surface area contributed by atoms with Gasteiger partial charge in [0.25, 0.3) is 0 Å². The van der Waals surface area contributed by atoms with E-state index in [1.54, 1.807) is 24.3 Å². The van der Waals surface area contributed by atoms with Gasteiger partial charge in [-0.2, -0.15) is 0 Å². The molecule has 0 saturated heterocycles. The molecule has 0 aromatic heterocycles. The molecule has 25 heavy (non-hydrogen) atoms. The first kappa shape index (κ1) is 18.4. The Morgan fingerprint density at radius 1 is 1.16 bits per heavy atom. The molecule has 7 heteroatoms. The van der Waals surface area contributed by atoms with Gasteiger partial charge in [0, 0.05) is 6.42 Å². The van der Waals surface area contributed by atoms with Crippen LogP contribution in [0.2, 0.25) is 0 Å². The Kier molecular flexibility index (Phi) is 6.05. The first-order valence-corrected chi connectivity index (χ1v) is 7.55. The quantitative estimate of drug-likeness (QED) is 0.800. The highest BCUT2D eigenvalue weighted by Crippen LogP contribution is 2.19. The van der Waals surface area contributed by atoms with Crippen LogP contribution in [-0.4, -0.2) is 25.0 Å². The molecule has 132 valence electrons. The number of benzene rings is 2. The second-order valence-corrected chi connectivity index (χ2v) is 5.46. The van der Waals surface area contributed by atoms with Crippen LogP contribution in [0.25, 0.3) is 0 Å². The van der Waals surface area contributed by atoms with Crippen LogP contribution < -0.4 is 15.8 Å². The second kappa shape index (κ2) is 8.23. The largest absolute Gasteiger partial charge is 0.496 e. The van der Waals surface area contributed by atoms with Gasteiger partial charge in [-0.3, -0.25) is 9.59 Å². The van der Waals surface area contributed by atoms with E-state index in [1.807, 2.05) is 0 Å². The van der Waals surface area contributed by atoms with Crippen molar-refractivity contribution in [3.8, 4) is 5.75 Å². The van der Waals surface area contributed by atoms with Crippen molar-refractivity contribution in [3.05, 3.63) is 65.2 Å². The number of nitrogens with one attached hydrogen (secondary N) is 1. The lowest BCUT2D eigenvalue weighted by molar-refractivity contribution is -0.127. The zero-order valence-electron chi connectivity index (χ0n) is 13.6. The molecule has 0 radical (unpaired) electrons. The minimum atomic E-state index is -1.04. The van der Waals surface area contributed by atoms with Crippen molar-refractivity contribution in [1.82, 2.24) is 5.32 Å². The fourth-order valence-corrected chi connectivity index (χ4v) is 2.39. The molecule has 2 aromatic rings. The van der Waals surface area contributed by atoms with Gasteiger partial charge in [-0.05, 0) is 29.3 Å². The van der Waals surface area contributed by atoms with E-state index in [4.69, 9.17) is 10.5 Å². The molecule has 2 rings (SSSR count). The molecule has 0 aliphatic heterocycles. The lowest BCUT2D eigenvalue weighted by atomic mass is 10.0. The van der Waals surface area contributed by atoms with Crippen molar-refractivity contribution < 1.29 is 23.1 Å². The molecular formula is C18H18F2N2O3. The first-order chi connectivity index (χ1) is 11.9. The SMILES string of the molecule is COc1ccccc1C[C@@H](NC(=O)Cc1ccc(F)c(F)c1)C(N)=O.